The van der Waals surface area contributed by atoms with Crippen LogP contribution in [0, 0.1) is 0 Å². The Morgan fingerprint density at radius 2 is 1.79 bits per heavy atom. The van der Waals surface area contributed by atoms with Gasteiger partial charge in [0.25, 0.3) is 5.56 Å². The summed E-state index contributed by atoms with van der Waals surface area (Å²) in [5.74, 6) is 0.297. The van der Waals surface area contributed by atoms with Gasteiger partial charge in [0, 0.05) is 23.1 Å². The molecular formula is C27H23F2N7O2. The quantitative estimate of drug-likeness (QED) is 0.282. The zero-order chi connectivity index (χ0) is 26.8. The summed E-state index contributed by atoms with van der Waals surface area (Å²) < 4.78 is 31.7. The highest BCUT2D eigenvalue weighted by molar-refractivity contribution is 5.96. The number of benzene rings is 2. The van der Waals surface area contributed by atoms with Crippen molar-refractivity contribution in [2.24, 2.45) is 0 Å². The highest BCUT2D eigenvalue weighted by Crippen LogP contribution is 2.32. The van der Waals surface area contributed by atoms with Gasteiger partial charge < -0.3 is 21.5 Å². The van der Waals surface area contributed by atoms with E-state index in [4.69, 9.17) is 11.5 Å². The van der Waals surface area contributed by atoms with Crippen molar-refractivity contribution in [2.45, 2.75) is 19.6 Å². The third-order valence-electron chi connectivity index (χ3n) is 5.97. The first kappa shape index (κ1) is 24.6. The molecule has 2 aromatic carbocycles. The molecule has 0 amide bonds. The van der Waals surface area contributed by atoms with Crippen LogP contribution in [0.3, 0.4) is 0 Å². The Hall–Kier alpha value is -5.06. The average molecular weight is 516 g/mol. The predicted molar refractivity (Wildman–Crippen MR) is 142 cm³/mol. The average Bonchev–Trinajstić information content (AvgIpc) is 2.90. The number of nitrogen functional groups attached to an aromatic ring is 2. The molecular weight excluding hydrogens is 492 g/mol. The largest absolute Gasteiger partial charge is 0.433 e. The van der Waals surface area contributed by atoms with Crippen LogP contribution in [0.25, 0.3) is 27.6 Å². The summed E-state index contributed by atoms with van der Waals surface area (Å²) >= 11 is 0. The van der Waals surface area contributed by atoms with E-state index in [-0.39, 0.29) is 17.3 Å². The van der Waals surface area contributed by atoms with Gasteiger partial charge in [0.05, 0.1) is 29.5 Å². The molecule has 5 rings (SSSR count). The summed E-state index contributed by atoms with van der Waals surface area (Å²) in [5, 5.41) is 4.28. The van der Waals surface area contributed by atoms with Gasteiger partial charge in [-0.2, -0.15) is 13.8 Å². The van der Waals surface area contributed by atoms with Crippen molar-refractivity contribution < 1.29 is 13.5 Å². The van der Waals surface area contributed by atoms with Gasteiger partial charge in [-0.3, -0.25) is 14.3 Å². The van der Waals surface area contributed by atoms with Gasteiger partial charge in [-0.25, -0.2) is 4.98 Å². The Morgan fingerprint density at radius 3 is 2.55 bits per heavy atom. The van der Waals surface area contributed by atoms with Crippen LogP contribution in [0.4, 0.5) is 26.2 Å². The SMILES string of the molecule is C[C@H](Nc1nc(N)ncc1N)c1cc2cccc(-c3cncc(OC(F)F)c3)c2c(=O)n1-c1ccccc1. The van der Waals surface area contributed by atoms with E-state index in [0.29, 0.717) is 44.8 Å². The number of halogens is 2. The van der Waals surface area contributed by atoms with Crippen LogP contribution in [0.15, 0.2) is 84.0 Å². The molecule has 0 bridgehead atoms. The van der Waals surface area contributed by atoms with E-state index in [9.17, 15) is 13.6 Å². The number of fused-ring (bicyclic) bond motifs is 1. The highest BCUT2D eigenvalue weighted by atomic mass is 19.3. The van der Waals surface area contributed by atoms with Gasteiger partial charge in [0.1, 0.15) is 5.75 Å². The number of aromatic nitrogens is 4. The second-order valence-electron chi connectivity index (χ2n) is 8.50. The van der Waals surface area contributed by atoms with Crippen LogP contribution >= 0.6 is 0 Å². The molecule has 9 nitrogen and oxygen atoms in total. The molecule has 0 spiro atoms. The van der Waals surface area contributed by atoms with Crippen molar-refractivity contribution in [2.75, 3.05) is 16.8 Å². The van der Waals surface area contributed by atoms with Crippen LogP contribution in [0.5, 0.6) is 5.75 Å². The molecule has 0 radical (unpaired) electrons. The van der Waals surface area contributed by atoms with Crippen LogP contribution < -0.4 is 27.1 Å². The van der Waals surface area contributed by atoms with Gasteiger partial charge in [-0.15, -0.1) is 0 Å². The maximum atomic E-state index is 14.2. The minimum Gasteiger partial charge on any atom is -0.433 e. The number of rotatable bonds is 7. The molecule has 1 atom stereocenters. The Kier molecular flexibility index (Phi) is 6.56. The molecule has 0 aliphatic rings. The van der Waals surface area contributed by atoms with E-state index in [0.717, 1.165) is 0 Å². The summed E-state index contributed by atoms with van der Waals surface area (Å²) in [6.45, 7) is -1.12. The first-order valence-electron chi connectivity index (χ1n) is 11.6. The number of anilines is 3. The molecule has 0 aliphatic carbocycles. The van der Waals surface area contributed by atoms with E-state index < -0.39 is 12.7 Å². The number of nitrogens with one attached hydrogen (secondary N) is 1. The van der Waals surface area contributed by atoms with Crippen LogP contribution in [-0.4, -0.2) is 26.1 Å². The Labute approximate surface area is 215 Å². The first-order chi connectivity index (χ1) is 18.3. The number of alkyl halides is 2. The fourth-order valence-corrected chi connectivity index (χ4v) is 4.32. The molecule has 0 saturated carbocycles. The Balaban J connectivity index is 1.71. The molecule has 5 N–H and O–H groups in total. The molecule has 11 heteroatoms. The standard InChI is InChI=1S/C27H23F2N7O2/c1-15(34-24-21(30)14-33-27(31)35-24)22-11-16-6-5-9-20(17-10-19(13-32-12-17)38-26(28)29)23(16)25(37)36(22)18-7-3-2-4-8-18/h2-15,26H,30H2,1H3,(H3,31,33,34,35)/t15-/m0/s1. The lowest BCUT2D eigenvalue weighted by Crippen LogP contribution is -2.26. The zero-order valence-electron chi connectivity index (χ0n) is 20.2. The third-order valence-corrected chi connectivity index (χ3v) is 5.97. The van der Waals surface area contributed by atoms with E-state index >= 15 is 0 Å². The molecule has 0 aliphatic heterocycles. The van der Waals surface area contributed by atoms with E-state index in [1.54, 1.807) is 16.7 Å². The number of nitrogens with zero attached hydrogens (tertiary/aromatic N) is 4. The fourth-order valence-electron chi connectivity index (χ4n) is 4.32. The minimum absolute atomic E-state index is 0.0594. The summed E-state index contributed by atoms with van der Waals surface area (Å²) in [6.07, 6.45) is 4.11. The van der Waals surface area contributed by atoms with Gasteiger partial charge in [-0.1, -0.05) is 36.4 Å². The molecule has 3 aromatic heterocycles. The second-order valence-corrected chi connectivity index (χ2v) is 8.50. The number of ether oxygens (including phenoxy) is 1. The monoisotopic (exact) mass is 515 g/mol. The van der Waals surface area contributed by atoms with Crippen molar-refractivity contribution in [3.05, 3.63) is 95.3 Å². The summed E-state index contributed by atoms with van der Waals surface area (Å²) in [7, 11) is 0. The molecule has 5 aromatic rings. The van der Waals surface area contributed by atoms with Crippen molar-refractivity contribution in [3.8, 4) is 22.6 Å². The summed E-state index contributed by atoms with van der Waals surface area (Å²) in [6, 6.07) is 17.4. The van der Waals surface area contributed by atoms with Crippen LogP contribution in [-0.2, 0) is 0 Å². The highest BCUT2D eigenvalue weighted by Gasteiger charge is 2.20. The molecule has 0 fully saturated rings. The van der Waals surface area contributed by atoms with Gasteiger partial charge in [0.15, 0.2) is 5.82 Å². The van der Waals surface area contributed by atoms with E-state index in [1.165, 1.54) is 24.7 Å². The lowest BCUT2D eigenvalue weighted by atomic mass is 9.98. The van der Waals surface area contributed by atoms with Crippen molar-refractivity contribution in [1.29, 1.82) is 0 Å². The van der Waals surface area contributed by atoms with Crippen LogP contribution in [0.1, 0.15) is 18.7 Å². The fraction of sp³-hybridized carbons (Fsp3) is 0.111. The maximum Gasteiger partial charge on any atom is 0.387 e. The lowest BCUT2D eigenvalue weighted by Gasteiger charge is -2.22. The molecule has 3 heterocycles. The zero-order valence-corrected chi connectivity index (χ0v) is 20.2. The number of nitrogens with two attached hydrogens (primary N) is 2. The Morgan fingerprint density at radius 1 is 1.00 bits per heavy atom. The number of para-hydroxylation sites is 1. The van der Waals surface area contributed by atoms with Crippen LogP contribution in [0.2, 0.25) is 0 Å². The first-order valence-corrected chi connectivity index (χ1v) is 11.6. The van der Waals surface area contributed by atoms with Crippen molar-refractivity contribution >= 4 is 28.2 Å². The van der Waals surface area contributed by atoms with Gasteiger partial charge in [0.2, 0.25) is 5.95 Å². The Bertz CT molecular complexity index is 1680. The normalized spacial score (nSPS) is 12.0. The third kappa shape index (κ3) is 4.81. The van der Waals surface area contributed by atoms with Crippen molar-refractivity contribution in [1.82, 2.24) is 19.5 Å². The molecule has 0 unspecified atom stereocenters. The lowest BCUT2D eigenvalue weighted by molar-refractivity contribution is -0.0500. The van der Waals surface area contributed by atoms with Gasteiger partial charge >= 0.3 is 6.61 Å². The maximum absolute atomic E-state index is 14.2. The van der Waals surface area contributed by atoms with E-state index in [2.05, 4.69) is 25.0 Å². The minimum atomic E-state index is -2.99. The summed E-state index contributed by atoms with van der Waals surface area (Å²) in [5.41, 5.74) is 14.1. The smallest absolute Gasteiger partial charge is 0.387 e. The summed E-state index contributed by atoms with van der Waals surface area (Å²) in [4.78, 5) is 26.3. The second kappa shape index (κ2) is 10.1. The number of hydrogen-bond acceptors (Lipinski definition) is 8. The van der Waals surface area contributed by atoms with E-state index in [1.807, 2.05) is 49.4 Å². The number of pyridine rings is 2. The van der Waals surface area contributed by atoms with Gasteiger partial charge in [-0.05, 0) is 42.1 Å². The topological polar surface area (TPSA) is 134 Å². The predicted octanol–water partition coefficient (Wildman–Crippen LogP) is 4.78. The number of hydrogen-bond donors (Lipinski definition) is 3. The molecule has 0 saturated heterocycles. The molecule has 192 valence electrons. The van der Waals surface area contributed by atoms with Crippen molar-refractivity contribution in [3.63, 3.8) is 0 Å². The molecule has 38 heavy (non-hydrogen) atoms.